The van der Waals surface area contributed by atoms with Crippen LogP contribution in [-0.4, -0.2) is 63.2 Å². The molecule has 2 aromatic rings. The highest BCUT2D eigenvalue weighted by atomic mass is 16.5. The molecule has 11 nitrogen and oxygen atoms in total. The fourth-order valence-corrected chi connectivity index (χ4v) is 3.39. The van der Waals surface area contributed by atoms with Crippen LogP contribution >= 0.6 is 0 Å². The summed E-state index contributed by atoms with van der Waals surface area (Å²) in [5, 5.41) is 38.1. The second-order valence-electron chi connectivity index (χ2n) is 10.5. The van der Waals surface area contributed by atoms with Crippen LogP contribution in [0.25, 0.3) is 11.3 Å². The summed E-state index contributed by atoms with van der Waals surface area (Å²) in [6.07, 6.45) is -7.45. The number of pyridine rings is 1. The summed E-state index contributed by atoms with van der Waals surface area (Å²) < 4.78 is 5.64. The van der Waals surface area contributed by atoms with Crippen LogP contribution in [0.4, 0.5) is 0 Å². The van der Waals surface area contributed by atoms with Crippen LogP contribution in [0.3, 0.4) is 0 Å². The van der Waals surface area contributed by atoms with Crippen LogP contribution in [0.15, 0.2) is 48.7 Å². The van der Waals surface area contributed by atoms with Gasteiger partial charge in [-0.25, -0.2) is 0 Å². The van der Waals surface area contributed by atoms with Gasteiger partial charge in [-0.1, -0.05) is 47.6 Å². The van der Waals surface area contributed by atoms with Gasteiger partial charge in [0.2, 0.25) is 23.8 Å². The Kier molecular flexibility index (Phi) is 11.9. The molecule has 2 rings (SSSR count). The SMILES string of the molecule is CC(C)[C@H](C)C(=O)NC(=O)[C@H]([O-])[C@H](O)[C@@H](O)[C@@H](Oc1ccc(-c2ccccn2)cc1)C(=O)NC(=O)[C@@H](C)C(C)C. The molecule has 0 fully saturated rings. The number of hydrogen-bond acceptors (Lipinski definition) is 9. The largest absolute Gasteiger partial charge is 0.843 e. The zero-order valence-corrected chi connectivity index (χ0v) is 23.5. The van der Waals surface area contributed by atoms with E-state index in [2.05, 4.69) is 10.3 Å². The van der Waals surface area contributed by atoms with Gasteiger partial charge in [0.05, 0.1) is 11.8 Å². The fraction of sp³-hybridized carbons (Fsp3) is 0.483. The van der Waals surface area contributed by atoms with E-state index in [4.69, 9.17) is 4.74 Å². The predicted octanol–water partition coefficient (Wildman–Crippen LogP) is 0.817. The molecular formula is C29H38N3O8-. The number of benzene rings is 1. The van der Waals surface area contributed by atoms with Crippen LogP contribution in [-0.2, 0) is 19.2 Å². The summed E-state index contributed by atoms with van der Waals surface area (Å²) in [5.74, 6) is -5.17. The molecule has 11 heteroatoms. The Labute approximate surface area is 234 Å². The van der Waals surface area contributed by atoms with Gasteiger partial charge in [0.25, 0.3) is 5.91 Å². The Morgan fingerprint density at radius 3 is 1.75 bits per heavy atom. The lowest BCUT2D eigenvalue weighted by atomic mass is 9.96. The van der Waals surface area contributed by atoms with Gasteiger partial charge in [-0.05, 0) is 54.3 Å². The first-order valence-electron chi connectivity index (χ1n) is 13.1. The molecule has 0 saturated heterocycles. The molecular weight excluding hydrogens is 518 g/mol. The lowest BCUT2D eigenvalue weighted by Crippen LogP contribution is -2.61. The number of aliphatic hydroxyl groups is 2. The van der Waals surface area contributed by atoms with Crippen molar-refractivity contribution in [2.24, 2.45) is 23.7 Å². The van der Waals surface area contributed by atoms with Crippen molar-refractivity contribution in [3.05, 3.63) is 48.7 Å². The van der Waals surface area contributed by atoms with E-state index in [-0.39, 0.29) is 17.6 Å². The molecule has 1 aromatic carbocycles. The van der Waals surface area contributed by atoms with E-state index < -0.39 is 59.9 Å². The molecule has 218 valence electrons. The molecule has 0 bridgehead atoms. The van der Waals surface area contributed by atoms with E-state index in [1.165, 1.54) is 12.1 Å². The number of aliphatic hydroxyl groups excluding tert-OH is 2. The molecule has 4 amide bonds. The maximum Gasteiger partial charge on any atom is 0.270 e. The van der Waals surface area contributed by atoms with Gasteiger partial charge in [-0.2, -0.15) is 0 Å². The molecule has 0 saturated carbocycles. The van der Waals surface area contributed by atoms with Crippen LogP contribution < -0.4 is 20.5 Å². The molecule has 4 N–H and O–H groups in total. The number of ether oxygens (including phenoxy) is 1. The van der Waals surface area contributed by atoms with Gasteiger partial charge in [-0.15, -0.1) is 0 Å². The van der Waals surface area contributed by atoms with Crippen molar-refractivity contribution in [2.75, 3.05) is 0 Å². The topological polar surface area (TPSA) is 178 Å². The summed E-state index contributed by atoms with van der Waals surface area (Å²) in [6.45, 7) is 10.3. The van der Waals surface area contributed by atoms with E-state index in [9.17, 15) is 34.5 Å². The molecule has 0 aliphatic heterocycles. The normalized spacial score (nSPS) is 15.9. The minimum absolute atomic E-state index is 0.0725. The molecule has 6 atom stereocenters. The number of carbonyl (C=O) groups is 4. The highest BCUT2D eigenvalue weighted by molar-refractivity contribution is 5.99. The molecule has 0 aliphatic rings. The van der Waals surface area contributed by atoms with Gasteiger partial charge in [0.15, 0.2) is 0 Å². The van der Waals surface area contributed by atoms with E-state index in [1.807, 2.05) is 11.4 Å². The second-order valence-corrected chi connectivity index (χ2v) is 10.5. The van der Waals surface area contributed by atoms with E-state index >= 15 is 0 Å². The molecule has 40 heavy (non-hydrogen) atoms. The Hall–Kier alpha value is -3.67. The van der Waals surface area contributed by atoms with Crippen LogP contribution in [0.5, 0.6) is 5.75 Å². The molecule has 0 unspecified atom stereocenters. The summed E-state index contributed by atoms with van der Waals surface area (Å²) in [6, 6.07) is 11.6. The van der Waals surface area contributed by atoms with Crippen molar-refractivity contribution in [1.29, 1.82) is 0 Å². The van der Waals surface area contributed by atoms with Crippen molar-refractivity contribution in [3.8, 4) is 17.0 Å². The number of nitrogens with one attached hydrogen (secondary N) is 2. The maximum atomic E-state index is 13.1. The molecule has 0 radical (unpaired) electrons. The first kappa shape index (κ1) is 32.5. The van der Waals surface area contributed by atoms with Crippen LogP contribution in [0.1, 0.15) is 41.5 Å². The van der Waals surface area contributed by atoms with E-state index in [0.29, 0.717) is 5.69 Å². The van der Waals surface area contributed by atoms with E-state index in [0.717, 1.165) is 5.56 Å². The minimum Gasteiger partial charge on any atom is -0.843 e. The number of aromatic nitrogens is 1. The Morgan fingerprint density at radius 1 is 0.750 bits per heavy atom. The lowest BCUT2D eigenvalue weighted by molar-refractivity contribution is -0.426. The third-order valence-electron chi connectivity index (χ3n) is 6.89. The summed E-state index contributed by atoms with van der Waals surface area (Å²) in [5.41, 5.74) is 1.40. The molecule has 1 heterocycles. The zero-order chi connectivity index (χ0) is 30.1. The number of nitrogens with zero attached hydrogens (tertiary/aromatic N) is 1. The summed E-state index contributed by atoms with van der Waals surface area (Å²) in [4.78, 5) is 54.4. The number of amides is 4. The number of carbonyl (C=O) groups excluding carboxylic acids is 4. The zero-order valence-electron chi connectivity index (χ0n) is 23.5. The highest BCUT2D eigenvalue weighted by Gasteiger charge is 2.38. The third-order valence-corrected chi connectivity index (χ3v) is 6.89. The molecule has 1 aromatic heterocycles. The predicted molar refractivity (Wildman–Crippen MR) is 144 cm³/mol. The average Bonchev–Trinajstić information content (AvgIpc) is 2.94. The summed E-state index contributed by atoms with van der Waals surface area (Å²) >= 11 is 0. The van der Waals surface area contributed by atoms with Crippen molar-refractivity contribution in [3.63, 3.8) is 0 Å². The first-order chi connectivity index (χ1) is 18.7. The Bertz CT molecular complexity index is 1150. The standard InChI is InChI=1S/C29H38N3O8/c1-15(2)17(5)26(36)31-28(38)24(35)22(33)23(34)25(29(39)32-27(37)18(6)16(3)4)40-20-12-10-19(11-13-20)21-9-7-8-14-30-21/h7-18,22-25,33-34H,1-6H3,(H,31,36,38)(H,32,37,39)/q-1/t17-,18-,22+,23+,24+,25+/m0/s1. The maximum absolute atomic E-state index is 13.1. The van der Waals surface area contributed by atoms with Gasteiger partial charge in [0.1, 0.15) is 11.9 Å². The summed E-state index contributed by atoms with van der Waals surface area (Å²) in [7, 11) is 0. The van der Waals surface area contributed by atoms with Gasteiger partial charge >= 0.3 is 0 Å². The number of rotatable bonds is 12. The van der Waals surface area contributed by atoms with Gasteiger partial charge < -0.3 is 20.1 Å². The highest BCUT2D eigenvalue weighted by Crippen LogP contribution is 2.22. The minimum atomic E-state index is -2.53. The van der Waals surface area contributed by atoms with Crippen LogP contribution in [0, 0.1) is 23.7 Å². The van der Waals surface area contributed by atoms with E-state index in [1.54, 1.807) is 72.0 Å². The lowest BCUT2D eigenvalue weighted by Gasteiger charge is -2.34. The smallest absolute Gasteiger partial charge is 0.270 e. The van der Waals surface area contributed by atoms with Crippen molar-refractivity contribution in [1.82, 2.24) is 15.6 Å². The molecule has 0 spiro atoms. The second kappa shape index (κ2) is 14.6. The monoisotopic (exact) mass is 556 g/mol. The molecule has 0 aliphatic carbocycles. The van der Waals surface area contributed by atoms with Gasteiger partial charge in [0, 0.05) is 23.6 Å². The number of hydrogen-bond donors (Lipinski definition) is 4. The van der Waals surface area contributed by atoms with Crippen molar-refractivity contribution >= 4 is 23.6 Å². The number of imide groups is 2. The average molecular weight is 557 g/mol. The first-order valence-corrected chi connectivity index (χ1v) is 13.1. The fourth-order valence-electron chi connectivity index (χ4n) is 3.39. The van der Waals surface area contributed by atoms with Crippen LogP contribution in [0.2, 0.25) is 0 Å². The Balaban J connectivity index is 2.27. The van der Waals surface area contributed by atoms with Crippen molar-refractivity contribution < 1.29 is 39.2 Å². The Morgan fingerprint density at radius 2 is 1.27 bits per heavy atom. The van der Waals surface area contributed by atoms with Gasteiger partial charge in [-0.3, -0.25) is 34.8 Å². The quantitative estimate of drug-likeness (QED) is 0.294. The van der Waals surface area contributed by atoms with Crippen molar-refractivity contribution in [2.45, 2.75) is 66.0 Å². The third kappa shape index (κ3) is 8.67.